The molecule has 1 aromatic rings. The molecule has 1 aromatic carbocycles. The lowest BCUT2D eigenvalue weighted by atomic mass is 10.3. The van der Waals surface area contributed by atoms with Crippen LogP contribution in [0.3, 0.4) is 0 Å². The smallest absolute Gasteiger partial charge is 0.284 e. The molecular weight excluding hydrogens is 314 g/mol. The van der Waals surface area contributed by atoms with Crippen LogP contribution in [-0.4, -0.2) is 18.5 Å². The third-order valence-electron chi connectivity index (χ3n) is 1.99. The lowest BCUT2D eigenvalue weighted by Crippen LogP contribution is -2.28. The highest BCUT2D eigenvalue weighted by Crippen LogP contribution is 2.24. The van der Waals surface area contributed by atoms with Gasteiger partial charge in [0, 0.05) is 3.57 Å². The molecule has 0 bridgehead atoms. The van der Waals surface area contributed by atoms with Gasteiger partial charge in [-0.2, -0.15) is 0 Å². The summed E-state index contributed by atoms with van der Waals surface area (Å²) >= 11 is 1.92. The first kappa shape index (κ1) is 10.3. The minimum Gasteiger partial charge on any atom is -0.284 e. The van der Waals surface area contributed by atoms with Crippen LogP contribution in [0.5, 0.6) is 0 Å². The second-order valence-corrected chi connectivity index (χ2v) is 4.20. The Morgan fingerprint density at radius 3 is 2.67 bits per heavy atom. The van der Waals surface area contributed by atoms with Crippen LogP contribution in [0.25, 0.3) is 0 Å². The SMILES string of the molecule is O=C1CN(c2ccc(F)cc2I)C(=O)N1. The number of anilines is 1. The molecule has 1 saturated heterocycles. The number of nitrogens with one attached hydrogen (secondary N) is 1. The maximum Gasteiger partial charge on any atom is 0.329 e. The van der Waals surface area contributed by atoms with Gasteiger partial charge >= 0.3 is 6.03 Å². The summed E-state index contributed by atoms with van der Waals surface area (Å²) in [5.41, 5.74) is 0.542. The van der Waals surface area contributed by atoms with E-state index in [4.69, 9.17) is 0 Å². The van der Waals surface area contributed by atoms with E-state index in [0.717, 1.165) is 0 Å². The zero-order valence-electron chi connectivity index (χ0n) is 7.46. The van der Waals surface area contributed by atoms with E-state index in [1.54, 1.807) is 0 Å². The number of halogens is 2. The maximum absolute atomic E-state index is 12.8. The molecule has 1 N–H and O–H groups in total. The van der Waals surface area contributed by atoms with Crippen LogP contribution in [-0.2, 0) is 4.79 Å². The molecule has 78 valence electrons. The van der Waals surface area contributed by atoms with Crippen molar-refractivity contribution in [1.82, 2.24) is 5.32 Å². The van der Waals surface area contributed by atoms with E-state index in [1.165, 1.54) is 23.1 Å². The minimum atomic E-state index is -0.468. The summed E-state index contributed by atoms with van der Waals surface area (Å²) in [6.45, 7) is -0.0134. The number of nitrogens with zero attached hydrogens (tertiary/aromatic N) is 1. The Morgan fingerprint density at radius 2 is 2.13 bits per heavy atom. The first-order valence-corrected chi connectivity index (χ1v) is 5.22. The zero-order chi connectivity index (χ0) is 11.0. The fourth-order valence-corrected chi connectivity index (χ4v) is 2.10. The Morgan fingerprint density at radius 1 is 1.40 bits per heavy atom. The van der Waals surface area contributed by atoms with Crippen LogP contribution in [0.15, 0.2) is 18.2 Å². The van der Waals surface area contributed by atoms with Crippen molar-refractivity contribution in [3.63, 3.8) is 0 Å². The molecule has 1 fully saturated rings. The first-order chi connectivity index (χ1) is 7.08. The number of rotatable bonds is 1. The van der Waals surface area contributed by atoms with Crippen molar-refractivity contribution >= 4 is 40.2 Å². The Balaban J connectivity index is 2.38. The van der Waals surface area contributed by atoms with E-state index < -0.39 is 6.03 Å². The highest BCUT2D eigenvalue weighted by molar-refractivity contribution is 14.1. The van der Waals surface area contributed by atoms with Gasteiger partial charge in [-0.25, -0.2) is 9.18 Å². The molecule has 0 spiro atoms. The zero-order valence-corrected chi connectivity index (χ0v) is 9.62. The largest absolute Gasteiger partial charge is 0.329 e. The van der Waals surface area contributed by atoms with Gasteiger partial charge in [0.1, 0.15) is 12.4 Å². The van der Waals surface area contributed by atoms with Crippen LogP contribution < -0.4 is 10.2 Å². The van der Waals surface area contributed by atoms with Gasteiger partial charge in [-0.15, -0.1) is 0 Å². The van der Waals surface area contributed by atoms with Crippen molar-refractivity contribution in [2.24, 2.45) is 0 Å². The van der Waals surface area contributed by atoms with Gasteiger partial charge in [0.2, 0.25) is 5.91 Å². The molecule has 4 nitrogen and oxygen atoms in total. The second-order valence-electron chi connectivity index (χ2n) is 3.04. The van der Waals surface area contributed by atoms with Crippen LogP contribution in [0.4, 0.5) is 14.9 Å². The van der Waals surface area contributed by atoms with Crippen molar-refractivity contribution in [3.8, 4) is 0 Å². The van der Waals surface area contributed by atoms with E-state index in [1.807, 2.05) is 22.6 Å². The van der Waals surface area contributed by atoms with Gasteiger partial charge in [0.05, 0.1) is 5.69 Å². The molecule has 1 heterocycles. The molecular formula is C9H6FIN2O2. The third kappa shape index (κ3) is 1.94. The van der Waals surface area contributed by atoms with Crippen molar-refractivity contribution in [3.05, 3.63) is 27.6 Å². The quantitative estimate of drug-likeness (QED) is 0.630. The minimum absolute atomic E-state index is 0.0134. The van der Waals surface area contributed by atoms with Crippen LogP contribution >= 0.6 is 22.6 Å². The standard InChI is InChI=1S/C9H6FIN2O2/c10-5-1-2-7(6(11)3-5)13-4-8(14)12-9(13)15/h1-3H,4H2,(H,12,14,15). The predicted octanol–water partition coefficient (Wildman–Crippen LogP) is 1.49. The monoisotopic (exact) mass is 320 g/mol. The number of urea groups is 1. The molecule has 0 unspecified atom stereocenters. The third-order valence-corrected chi connectivity index (χ3v) is 2.86. The van der Waals surface area contributed by atoms with Crippen molar-refractivity contribution in [1.29, 1.82) is 0 Å². The summed E-state index contributed by atoms with van der Waals surface area (Å²) < 4.78 is 13.4. The lowest BCUT2D eigenvalue weighted by molar-refractivity contribution is -0.117. The van der Waals surface area contributed by atoms with E-state index in [2.05, 4.69) is 5.32 Å². The summed E-state index contributed by atoms with van der Waals surface area (Å²) in [5.74, 6) is -0.714. The lowest BCUT2D eigenvalue weighted by Gasteiger charge is -2.14. The van der Waals surface area contributed by atoms with Gasteiger partial charge in [-0.3, -0.25) is 15.0 Å². The van der Waals surface area contributed by atoms with E-state index in [9.17, 15) is 14.0 Å². The van der Waals surface area contributed by atoms with Crippen LogP contribution in [0.1, 0.15) is 0 Å². The Labute approximate surface area is 98.6 Å². The van der Waals surface area contributed by atoms with E-state index in [-0.39, 0.29) is 18.3 Å². The number of imide groups is 1. The molecule has 0 saturated carbocycles. The number of benzene rings is 1. The molecule has 1 aliphatic rings. The average molecular weight is 320 g/mol. The molecule has 0 aromatic heterocycles. The highest BCUT2D eigenvalue weighted by Gasteiger charge is 2.29. The Bertz CT molecular complexity index is 450. The molecule has 15 heavy (non-hydrogen) atoms. The van der Waals surface area contributed by atoms with Gasteiger partial charge in [0.15, 0.2) is 0 Å². The topological polar surface area (TPSA) is 49.4 Å². The Hall–Kier alpha value is -1.18. The molecule has 3 amide bonds. The summed E-state index contributed by atoms with van der Waals surface area (Å²) in [6, 6.07) is 3.58. The second kappa shape index (κ2) is 3.76. The molecule has 1 aliphatic heterocycles. The van der Waals surface area contributed by atoms with E-state index >= 15 is 0 Å². The fourth-order valence-electron chi connectivity index (χ4n) is 1.34. The maximum atomic E-state index is 12.8. The van der Waals surface area contributed by atoms with Gasteiger partial charge in [-0.1, -0.05) is 0 Å². The Kier molecular flexibility index (Phi) is 2.59. The highest BCUT2D eigenvalue weighted by atomic mass is 127. The van der Waals surface area contributed by atoms with Crippen molar-refractivity contribution < 1.29 is 14.0 Å². The number of hydrogen-bond donors (Lipinski definition) is 1. The van der Waals surface area contributed by atoms with Gasteiger partial charge in [0.25, 0.3) is 0 Å². The first-order valence-electron chi connectivity index (χ1n) is 4.14. The van der Waals surface area contributed by atoms with Crippen molar-refractivity contribution in [2.75, 3.05) is 11.4 Å². The van der Waals surface area contributed by atoms with Crippen LogP contribution in [0.2, 0.25) is 0 Å². The molecule has 2 rings (SSSR count). The van der Waals surface area contributed by atoms with Gasteiger partial charge in [-0.05, 0) is 40.8 Å². The van der Waals surface area contributed by atoms with Gasteiger partial charge < -0.3 is 0 Å². The van der Waals surface area contributed by atoms with E-state index in [0.29, 0.717) is 9.26 Å². The normalized spacial score (nSPS) is 15.7. The molecule has 0 atom stereocenters. The molecule has 0 aliphatic carbocycles. The molecule has 0 radical (unpaired) electrons. The number of carbonyl (C=O) groups excluding carboxylic acids is 2. The molecule has 6 heteroatoms. The average Bonchev–Trinajstić information content (AvgIpc) is 2.45. The number of amides is 3. The van der Waals surface area contributed by atoms with Crippen molar-refractivity contribution in [2.45, 2.75) is 0 Å². The fraction of sp³-hybridized carbons (Fsp3) is 0.111. The number of carbonyl (C=O) groups is 2. The summed E-state index contributed by atoms with van der Waals surface area (Å²) in [7, 11) is 0. The summed E-state index contributed by atoms with van der Waals surface area (Å²) in [4.78, 5) is 23.6. The van der Waals surface area contributed by atoms with Crippen LogP contribution in [0, 0.1) is 9.39 Å². The summed E-state index contributed by atoms with van der Waals surface area (Å²) in [6.07, 6.45) is 0. The number of hydrogen-bond acceptors (Lipinski definition) is 2. The predicted molar refractivity (Wildman–Crippen MR) is 60.0 cm³/mol. The summed E-state index contributed by atoms with van der Waals surface area (Å²) in [5, 5.41) is 2.16.